The molecule has 8 heteroatoms. The molecule has 1 N–H and O–H groups in total. The van der Waals surface area contributed by atoms with E-state index < -0.39 is 0 Å². The molecule has 1 aromatic carbocycles. The molecule has 0 amide bonds. The van der Waals surface area contributed by atoms with E-state index in [2.05, 4.69) is 25.5 Å². The molecule has 3 rings (SSSR count). The van der Waals surface area contributed by atoms with Gasteiger partial charge in [0.2, 0.25) is 5.82 Å². The van der Waals surface area contributed by atoms with Gasteiger partial charge in [0, 0.05) is 11.1 Å². The highest BCUT2D eigenvalue weighted by Crippen LogP contribution is 2.20. The largest absolute Gasteiger partial charge is 0.394 e. The summed E-state index contributed by atoms with van der Waals surface area (Å²) in [5.74, 6) is 1.30. The van der Waals surface area contributed by atoms with Crippen LogP contribution in [0.2, 0.25) is 0 Å². The number of aliphatic hydroxyl groups excluding tert-OH is 1. The van der Waals surface area contributed by atoms with Crippen LogP contribution in [0, 0.1) is 0 Å². The van der Waals surface area contributed by atoms with Crippen molar-refractivity contribution in [1.82, 2.24) is 35.0 Å². The Hall–Kier alpha value is -2.61. The third kappa shape index (κ3) is 2.28. The molecule has 3 aromatic rings. The van der Waals surface area contributed by atoms with Crippen LogP contribution in [0.25, 0.3) is 22.8 Å². The summed E-state index contributed by atoms with van der Waals surface area (Å²) in [6.45, 7) is 0.445. The van der Waals surface area contributed by atoms with E-state index in [0.29, 0.717) is 12.4 Å². The third-order valence-electron chi connectivity index (χ3n) is 2.84. The van der Waals surface area contributed by atoms with Gasteiger partial charge in [-0.2, -0.15) is 9.90 Å². The van der Waals surface area contributed by atoms with Crippen molar-refractivity contribution in [1.29, 1.82) is 0 Å². The maximum Gasteiger partial charge on any atom is 0.204 e. The quantitative estimate of drug-likeness (QED) is 0.724. The lowest BCUT2D eigenvalue weighted by Crippen LogP contribution is -2.05. The van der Waals surface area contributed by atoms with Crippen LogP contribution in [-0.2, 0) is 13.6 Å². The molecule has 0 spiro atoms. The van der Waals surface area contributed by atoms with Gasteiger partial charge in [0.05, 0.1) is 20.2 Å². The smallest absolute Gasteiger partial charge is 0.204 e. The van der Waals surface area contributed by atoms with E-state index in [9.17, 15) is 0 Å². The van der Waals surface area contributed by atoms with E-state index in [0.717, 1.165) is 17.0 Å². The van der Waals surface area contributed by atoms with Gasteiger partial charge in [-0.1, -0.05) is 24.3 Å². The highest BCUT2D eigenvalue weighted by atomic mass is 16.3. The molecule has 0 aliphatic heterocycles. The Bertz CT molecular complexity index is 701. The van der Waals surface area contributed by atoms with Gasteiger partial charge in [0.25, 0.3) is 0 Å². The second-order valence-corrected chi connectivity index (χ2v) is 4.21. The van der Waals surface area contributed by atoms with Crippen LogP contribution in [0.4, 0.5) is 0 Å². The fourth-order valence-corrected chi connectivity index (χ4v) is 1.91. The molecule has 20 heavy (non-hydrogen) atoms. The van der Waals surface area contributed by atoms with Gasteiger partial charge in [-0.25, -0.2) is 9.67 Å². The Labute approximate surface area is 114 Å². The summed E-state index contributed by atoms with van der Waals surface area (Å²) in [7, 11) is 1.72. The zero-order chi connectivity index (χ0) is 13.9. The molecule has 2 aromatic heterocycles. The van der Waals surface area contributed by atoms with Crippen molar-refractivity contribution in [3.63, 3.8) is 0 Å². The number of aliphatic hydroxyl groups is 1. The van der Waals surface area contributed by atoms with Crippen molar-refractivity contribution in [3.8, 4) is 22.8 Å². The summed E-state index contributed by atoms with van der Waals surface area (Å²) < 4.78 is 1.66. The van der Waals surface area contributed by atoms with Crippen molar-refractivity contribution in [2.45, 2.75) is 6.54 Å². The summed E-state index contributed by atoms with van der Waals surface area (Å²) in [5.41, 5.74) is 1.80. The Morgan fingerprint density at radius 1 is 1.15 bits per heavy atom. The first-order valence-electron chi connectivity index (χ1n) is 6.11. The predicted molar refractivity (Wildman–Crippen MR) is 70.3 cm³/mol. The lowest BCUT2D eigenvalue weighted by molar-refractivity contribution is 0.270. The first kappa shape index (κ1) is 12.4. The van der Waals surface area contributed by atoms with Crippen LogP contribution in [0.15, 0.2) is 30.6 Å². The average molecular weight is 271 g/mol. The summed E-state index contributed by atoms with van der Waals surface area (Å²) in [4.78, 5) is 5.62. The summed E-state index contributed by atoms with van der Waals surface area (Å²) in [6.07, 6.45) is 1.48. The van der Waals surface area contributed by atoms with Gasteiger partial charge in [-0.15, -0.1) is 10.2 Å². The first-order valence-corrected chi connectivity index (χ1v) is 6.11. The first-order chi connectivity index (χ1) is 9.78. The Balaban J connectivity index is 1.91. The molecule has 0 radical (unpaired) electrons. The van der Waals surface area contributed by atoms with Gasteiger partial charge < -0.3 is 5.11 Å². The van der Waals surface area contributed by atoms with Crippen molar-refractivity contribution in [2.24, 2.45) is 7.05 Å². The second-order valence-electron chi connectivity index (χ2n) is 4.21. The van der Waals surface area contributed by atoms with Crippen LogP contribution >= 0.6 is 0 Å². The number of hydrogen-bond donors (Lipinski definition) is 1. The number of tetrazole rings is 1. The molecule has 102 valence electrons. The maximum atomic E-state index is 8.99. The van der Waals surface area contributed by atoms with Gasteiger partial charge in [0.1, 0.15) is 6.33 Å². The third-order valence-corrected chi connectivity index (χ3v) is 2.84. The summed E-state index contributed by atoms with van der Waals surface area (Å²) >= 11 is 0. The van der Waals surface area contributed by atoms with Crippen LogP contribution in [0.1, 0.15) is 0 Å². The highest BCUT2D eigenvalue weighted by Gasteiger charge is 2.09. The molecular weight excluding hydrogens is 258 g/mol. The van der Waals surface area contributed by atoms with Gasteiger partial charge >= 0.3 is 0 Å². The second kappa shape index (κ2) is 5.17. The normalized spacial score (nSPS) is 10.9. The summed E-state index contributed by atoms with van der Waals surface area (Å²) in [6, 6.07) is 7.65. The fourth-order valence-electron chi connectivity index (χ4n) is 1.91. The van der Waals surface area contributed by atoms with Crippen molar-refractivity contribution < 1.29 is 5.11 Å². The van der Waals surface area contributed by atoms with Crippen LogP contribution < -0.4 is 0 Å². The number of benzene rings is 1. The van der Waals surface area contributed by atoms with E-state index in [1.165, 1.54) is 11.1 Å². The molecular formula is C12H13N7O. The van der Waals surface area contributed by atoms with Crippen molar-refractivity contribution in [2.75, 3.05) is 6.61 Å². The highest BCUT2D eigenvalue weighted by molar-refractivity contribution is 5.62. The van der Waals surface area contributed by atoms with Gasteiger partial charge in [-0.3, -0.25) is 0 Å². The molecule has 0 bridgehead atoms. The van der Waals surface area contributed by atoms with E-state index in [1.807, 2.05) is 24.3 Å². The number of nitrogens with zero attached hydrogens (tertiary/aromatic N) is 7. The van der Waals surface area contributed by atoms with Crippen LogP contribution in [0.3, 0.4) is 0 Å². The average Bonchev–Trinajstić information content (AvgIpc) is 3.09. The fraction of sp³-hybridized carbons (Fsp3) is 0.250. The van der Waals surface area contributed by atoms with E-state index in [1.54, 1.807) is 11.7 Å². The zero-order valence-corrected chi connectivity index (χ0v) is 10.9. The molecule has 2 heterocycles. The monoisotopic (exact) mass is 271 g/mol. The number of aryl methyl sites for hydroxylation is 1. The van der Waals surface area contributed by atoms with Gasteiger partial charge in [0.15, 0.2) is 5.82 Å². The topological polar surface area (TPSA) is 94.5 Å². The molecule has 0 atom stereocenters. The minimum atomic E-state index is 0.0258. The molecule has 8 nitrogen and oxygen atoms in total. The molecule has 0 unspecified atom stereocenters. The SMILES string of the molecule is Cn1nnc(-c2ccc(-c3ncnn3CCO)cc2)n1. The van der Waals surface area contributed by atoms with E-state index in [-0.39, 0.29) is 6.61 Å². The molecule has 0 aliphatic rings. The standard InChI is InChI=1S/C12H13N7O/c1-18-16-11(15-17-18)9-2-4-10(5-3-9)12-13-8-14-19(12)6-7-20/h2-5,8,20H,6-7H2,1H3. The minimum Gasteiger partial charge on any atom is -0.394 e. The lowest BCUT2D eigenvalue weighted by Gasteiger charge is -2.04. The molecule has 0 aliphatic carbocycles. The van der Waals surface area contributed by atoms with Crippen LogP contribution in [0.5, 0.6) is 0 Å². The Kier molecular flexibility index (Phi) is 3.21. The van der Waals surface area contributed by atoms with E-state index in [4.69, 9.17) is 5.11 Å². The Morgan fingerprint density at radius 3 is 2.55 bits per heavy atom. The zero-order valence-electron chi connectivity index (χ0n) is 10.9. The Morgan fingerprint density at radius 2 is 1.90 bits per heavy atom. The van der Waals surface area contributed by atoms with Gasteiger partial charge in [-0.05, 0) is 5.21 Å². The summed E-state index contributed by atoms with van der Waals surface area (Å²) in [5, 5.41) is 25.0. The molecule has 0 saturated carbocycles. The van der Waals surface area contributed by atoms with E-state index >= 15 is 0 Å². The maximum absolute atomic E-state index is 8.99. The molecule has 0 saturated heterocycles. The number of aromatic nitrogens is 7. The van der Waals surface area contributed by atoms with Crippen molar-refractivity contribution in [3.05, 3.63) is 30.6 Å². The van der Waals surface area contributed by atoms with Crippen LogP contribution in [-0.4, -0.2) is 46.7 Å². The molecule has 0 fully saturated rings. The predicted octanol–water partition coefficient (Wildman–Crippen LogP) is 0.128. The minimum absolute atomic E-state index is 0.0258. The number of hydrogen-bond acceptors (Lipinski definition) is 6. The number of rotatable bonds is 4. The van der Waals surface area contributed by atoms with Crippen molar-refractivity contribution >= 4 is 0 Å². The lowest BCUT2D eigenvalue weighted by atomic mass is 10.1.